The van der Waals surface area contributed by atoms with Gasteiger partial charge in [0.2, 0.25) is 0 Å². The first-order chi connectivity index (χ1) is 10.5. The molecule has 0 spiro atoms. The van der Waals surface area contributed by atoms with Gasteiger partial charge in [-0.2, -0.15) is 0 Å². The zero-order chi connectivity index (χ0) is 16.6. The highest BCUT2D eigenvalue weighted by molar-refractivity contribution is 5.81. The van der Waals surface area contributed by atoms with E-state index in [9.17, 15) is 4.79 Å². The van der Waals surface area contributed by atoms with E-state index in [1.807, 2.05) is 6.92 Å². The maximum Gasteiger partial charge on any atom is 0.135 e. The zero-order valence-electron chi connectivity index (χ0n) is 15.7. The molecular weight excluding hydrogens is 268 g/mol. The standard InChI is InChI=1S/C21H41O/c1-19(2)17-15-13-11-9-7-5-6-8-10-12-14-16-18-21(22)20(3)4/h19-20H,3,5-18H2,1-2,4H3. The van der Waals surface area contributed by atoms with Crippen LogP contribution in [0.15, 0.2) is 0 Å². The number of carbonyl (C=O) groups is 1. The number of hydrogen-bond acceptors (Lipinski definition) is 1. The van der Waals surface area contributed by atoms with E-state index in [0.717, 1.165) is 18.8 Å². The van der Waals surface area contributed by atoms with Crippen molar-refractivity contribution < 1.29 is 4.79 Å². The number of hydrogen-bond donors (Lipinski definition) is 0. The Hall–Kier alpha value is -0.330. The molecule has 22 heavy (non-hydrogen) atoms. The normalized spacial score (nSPS) is 11.5. The van der Waals surface area contributed by atoms with Crippen LogP contribution in [0.3, 0.4) is 0 Å². The third kappa shape index (κ3) is 16.0. The predicted molar refractivity (Wildman–Crippen MR) is 99.0 cm³/mol. The van der Waals surface area contributed by atoms with Gasteiger partial charge in [-0.15, -0.1) is 0 Å². The van der Waals surface area contributed by atoms with Crippen LogP contribution in [0, 0.1) is 18.8 Å². The topological polar surface area (TPSA) is 17.1 Å². The number of unbranched alkanes of at least 4 members (excludes halogenated alkanes) is 11. The fourth-order valence-corrected chi connectivity index (χ4v) is 2.87. The molecule has 0 heterocycles. The first-order valence-corrected chi connectivity index (χ1v) is 9.89. The van der Waals surface area contributed by atoms with Crippen molar-refractivity contribution in [1.82, 2.24) is 0 Å². The Balaban J connectivity index is 3.07. The lowest BCUT2D eigenvalue weighted by molar-refractivity contribution is -0.121. The molecule has 1 unspecified atom stereocenters. The Morgan fingerprint density at radius 1 is 0.682 bits per heavy atom. The first-order valence-electron chi connectivity index (χ1n) is 9.89. The summed E-state index contributed by atoms with van der Waals surface area (Å²) < 4.78 is 0. The Kier molecular flexibility index (Phi) is 15.3. The predicted octanol–water partition coefficient (Wildman–Crippen LogP) is 7.14. The molecule has 0 aromatic heterocycles. The van der Waals surface area contributed by atoms with Crippen LogP contribution in [0.4, 0.5) is 0 Å². The lowest BCUT2D eigenvalue weighted by Crippen LogP contribution is -2.06. The molecule has 0 saturated heterocycles. The van der Waals surface area contributed by atoms with Gasteiger partial charge >= 0.3 is 0 Å². The van der Waals surface area contributed by atoms with Gasteiger partial charge in [-0.3, -0.25) is 4.79 Å². The fraction of sp³-hybridized carbons (Fsp3) is 0.905. The summed E-state index contributed by atoms with van der Waals surface area (Å²) in [6.07, 6.45) is 18.4. The molecule has 0 aliphatic heterocycles. The van der Waals surface area contributed by atoms with Crippen molar-refractivity contribution in [3.05, 3.63) is 6.92 Å². The lowest BCUT2D eigenvalue weighted by atomic mass is 10.0. The van der Waals surface area contributed by atoms with Gasteiger partial charge in [-0.05, 0) is 19.3 Å². The molecule has 0 aromatic carbocycles. The van der Waals surface area contributed by atoms with Crippen molar-refractivity contribution in [2.24, 2.45) is 11.8 Å². The van der Waals surface area contributed by atoms with Crippen molar-refractivity contribution >= 4 is 5.78 Å². The first kappa shape index (κ1) is 21.7. The van der Waals surface area contributed by atoms with E-state index in [1.165, 1.54) is 77.0 Å². The van der Waals surface area contributed by atoms with Crippen LogP contribution in [0.25, 0.3) is 0 Å². The molecule has 1 atom stereocenters. The highest BCUT2D eigenvalue weighted by Crippen LogP contribution is 2.14. The Morgan fingerprint density at radius 3 is 1.41 bits per heavy atom. The largest absolute Gasteiger partial charge is 0.299 e. The van der Waals surface area contributed by atoms with Gasteiger partial charge in [0, 0.05) is 12.3 Å². The molecule has 131 valence electrons. The minimum Gasteiger partial charge on any atom is -0.299 e. The van der Waals surface area contributed by atoms with Crippen molar-refractivity contribution in [2.75, 3.05) is 0 Å². The van der Waals surface area contributed by atoms with Crippen LogP contribution in [0.1, 0.15) is 111 Å². The van der Waals surface area contributed by atoms with Gasteiger partial charge < -0.3 is 0 Å². The Labute approximate surface area is 140 Å². The molecular formula is C21H41O. The third-order valence-corrected chi connectivity index (χ3v) is 4.50. The molecule has 0 aromatic rings. The van der Waals surface area contributed by atoms with Gasteiger partial charge in [0.15, 0.2) is 0 Å². The monoisotopic (exact) mass is 309 g/mol. The summed E-state index contributed by atoms with van der Waals surface area (Å²) in [4.78, 5) is 11.4. The molecule has 0 N–H and O–H groups in total. The number of ketones is 1. The van der Waals surface area contributed by atoms with Gasteiger partial charge in [-0.25, -0.2) is 0 Å². The number of Topliss-reactive ketones (excluding diaryl/α,β-unsaturated/α-hetero) is 1. The second kappa shape index (κ2) is 15.6. The van der Waals surface area contributed by atoms with Gasteiger partial charge in [0.1, 0.15) is 5.78 Å². The number of carbonyl (C=O) groups excluding carboxylic acids is 1. The lowest BCUT2D eigenvalue weighted by Gasteiger charge is -2.05. The second-order valence-electron chi connectivity index (χ2n) is 7.54. The molecule has 0 aliphatic carbocycles. The SMILES string of the molecule is [CH2]C(C)C(=O)CCCCCCCCCCCCCCC(C)C. The van der Waals surface area contributed by atoms with E-state index >= 15 is 0 Å². The van der Waals surface area contributed by atoms with Crippen molar-refractivity contribution in [3.63, 3.8) is 0 Å². The molecule has 0 rings (SSSR count). The highest BCUT2D eigenvalue weighted by Gasteiger charge is 2.05. The molecule has 1 nitrogen and oxygen atoms in total. The minimum absolute atomic E-state index is 0.0228. The third-order valence-electron chi connectivity index (χ3n) is 4.50. The van der Waals surface area contributed by atoms with E-state index in [2.05, 4.69) is 20.8 Å². The van der Waals surface area contributed by atoms with Crippen LogP contribution in [0.5, 0.6) is 0 Å². The second-order valence-corrected chi connectivity index (χ2v) is 7.54. The van der Waals surface area contributed by atoms with Crippen LogP contribution in [-0.4, -0.2) is 5.78 Å². The van der Waals surface area contributed by atoms with Crippen molar-refractivity contribution in [3.8, 4) is 0 Å². The smallest absolute Gasteiger partial charge is 0.135 e. The quantitative estimate of drug-likeness (QED) is 0.277. The summed E-state index contributed by atoms with van der Waals surface area (Å²) in [7, 11) is 0. The molecule has 0 bridgehead atoms. The highest BCUT2D eigenvalue weighted by atomic mass is 16.1. The summed E-state index contributed by atoms with van der Waals surface area (Å²) in [5.41, 5.74) is 0. The molecule has 0 aliphatic rings. The van der Waals surface area contributed by atoms with Gasteiger partial charge in [0.05, 0.1) is 0 Å². The van der Waals surface area contributed by atoms with Gasteiger partial charge in [-0.1, -0.05) is 97.8 Å². The van der Waals surface area contributed by atoms with Crippen LogP contribution >= 0.6 is 0 Å². The summed E-state index contributed by atoms with van der Waals surface area (Å²) in [5.74, 6) is 1.18. The van der Waals surface area contributed by atoms with E-state index in [4.69, 9.17) is 0 Å². The Morgan fingerprint density at radius 2 is 1.05 bits per heavy atom. The summed E-state index contributed by atoms with van der Waals surface area (Å²) in [5, 5.41) is 0. The van der Waals surface area contributed by atoms with Crippen molar-refractivity contribution in [1.29, 1.82) is 0 Å². The number of rotatable bonds is 16. The summed E-state index contributed by atoms with van der Waals surface area (Å²) >= 11 is 0. The summed E-state index contributed by atoms with van der Waals surface area (Å²) in [6.45, 7) is 10.3. The van der Waals surface area contributed by atoms with Crippen LogP contribution in [0.2, 0.25) is 0 Å². The maximum atomic E-state index is 11.4. The van der Waals surface area contributed by atoms with E-state index < -0.39 is 0 Å². The van der Waals surface area contributed by atoms with Gasteiger partial charge in [0.25, 0.3) is 0 Å². The summed E-state index contributed by atoms with van der Waals surface area (Å²) in [6, 6.07) is 0. The van der Waals surface area contributed by atoms with Crippen molar-refractivity contribution in [2.45, 2.75) is 111 Å². The minimum atomic E-state index is -0.0228. The average molecular weight is 310 g/mol. The van der Waals surface area contributed by atoms with Crippen LogP contribution in [-0.2, 0) is 4.79 Å². The van der Waals surface area contributed by atoms with E-state index in [1.54, 1.807) is 0 Å². The maximum absolute atomic E-state index is 11.4. The molecule has 0 fully saturated rings. The van der Waals surface area contributed by atoms with E-state index in [0.29, 0.717) is 5.78 Å². The fourth-order valence-electron chi connectivity index (χ4n) is 2.87. The molecule has 1 radical (unpaired) electrons. The zero-order valence-corrected chi connectivity index (χ0v) is 15.7. The van der Waals surface area contributed by atoms with Crippen LogP contribution < -0.4 is 0 Å². The Bertz CT molecular complexity index is 242. The molecule has 1 heteroatoms. The average Bonchev–Trinajstić information content (AvgIpc) is 2.46. The van der Waals surface area contributed by atoms with E-state index in [-0.39, 0.29) is 5.92 Å². The molecule has 0 amide bonds. The molecule has 0 saturated carbocycles.